The van der Waals surface area contributed by atoms with Gasteiger partial charge in [-0.25, -0.2) is 4.79 Å². The largest absolute Gasteiger partial charge is 0.489 e. The standard InChI is InChI=1S/C21H23N3O4/c1-13(2)28-19-9-6-16(21(26)27)12-18(19)22-20(25)15-4-7-17(8-5-15)24-11-10-14(3)23-24/h4-9,12-13H,10-11H2,1-3H3,(H,22,25)(H,26,27). The first-order valence-corrected chi connectivity index (χ1v) is 9.10. The first-order valence-electron chi connectivity index (χ1n) is 9.10. The Morgan fingerprint density at radius 2 is 1.82 bits per heavy atom. The highest BCUT2D eigenvalue weighted by Gasteiger charge is 2.16. The van der Waals surface area contributed by atoms with Gasteiger partial charge in [0, 0.05) is 24.2 Å². The predicted octanol–water partition coefficient (Wildman–Crippen LogP) is 4.01. The molecule has 0 atom stereocenters. The summed E-state index contributed by atoms with van der Waals surface area (Å²) in [6.07, 6.45) is 0.816. The number of amides is 1. The second kappa shape index (κ2) is 8.12. The fourth-order valence-electron chi connectivity index (χ4n) is 2.86. The van der Waals surface area contributed by atoms with E-state index in [0.717, 1.165) is 24.4 Å². The SMILES string of the molecule is CC1=NN(c2ccc(C(=O)Nc3cc(C(=O)O)ccc3OC(C)C)cc2)CC1. The van der Waals surface area contributed by atoms with E-state index in [1.165, 1.54) is 12.1 Å². The summed E-state index contributed by atoms with van der Waals surface area (Å²) in [6.45, 7) is 6.54. The number of aromatic carboxylic acids is 1. The number of benzene rings is 2. The summed E-state index contributed by atoms with van der Waals surface area (Å²) in [5.74, 6) is -0.993. The summed E-state index contributed by atoms with van der Waals surface area (Å²) >= 11 is 0. The van der Waals surface area contributed by atoms with Gasteiger partial charge in [0.2, 0.25) is 0 Å². The maximum absolute atomic E-state index is 12.7. The van der Waals surface area contributed by atoms with Crippen LogP contribution in [0.15, 0.2) is 47.6 Å². The molecule has 1 aliphatic heterocycles. The van der Waals surface area contributed by atoms with Crippen LogP contribution < -0.4 is 15.1 Å². The van der Waals surface area contributed by atoms with Gasteiger partial charge in [0.05, 0.1) is 23.0 Å². The van der Waals surface area contributed by atoms with Gasteiger partial charge < -0.3 is 15.2 Å². The van der Waals surface area contributed by atoms with E-state index >= 15 is 0 Å². The smallest absolute Gasteiger partial charge is 0.335 e. The molecule has 0 bridgehead atoms. The van der Waals surface area contributed by atoms with Crippen LogP contribution in [0, 0.1) is 0 Å². The topological polar surface area (TPSA) is 91.2 Å². The van der Waals surface area contributed by atoms with E-state index in [1.54, 1.807) is 18.2 Å². The van der Waals surface area contributed by atoms with Crippen molar-refractivity contribution in [2.45, 2.75) is 33.3 Å². The monoisotopic (exact) mass is 381 g/mol. The lowest BCUT2D eigenvalue weighted by Crippen LogP contribution is -2.16. The van der Waals surface area contributed by atoms with E-state index in [0.29, 0.717) is 17.0 Å². The Morgan fingerprint density at radius 3 is 2.39 bits per heavy atom. The van der Waals surface area contributed by atoms with Crippen molar-refractivity contribution in [3.8, 4) is 5.75 Å². The molecule has 0 radical (unpaired) electrons. The van der Waals surface area contributed by atoms with Crippen LogP contribution in [0.4, 0.5) is 11.4 Å². The average Bonchev–Trinajstić information content (AvgIpc) is 3.09. The number of carboxylic acid groups (broad SMARTS) is 1. The Labute approximate surface area is 163 Å². The zero-order valence-corrected chi connectivity index (χ0v) is 16.1. The number of carboxylic acids is 1. The Kier molecular flexibility index (Phi) is 5.63. The van der Waals surface area contributed by atoms with Gasteiger partial charge in [-0.05, 0) is 63.2 Å². The predicted molar refractivity (Wildman–Crippen MR) is 109 cm³/mol. The molecule has 0 unspecified atom stereocenters. The Balaban J connectivity index is 1.80. The molecule has 28 heavy (non-hydrogen) atoms. The number of nitrogens with one attached hydrogen (secondary N) is 1. The fraction of sp³-hybridized carbons (Fsp3) is 0.286. The van der Waals surface area contributed by atoms with Crippen molar-refractivity contribution in [2.75, 3.05) is 16.9 Å². The van der Waals surface area contributed by atoms with E-state index in [4.69, 9.17) is 4.74 Å². The lowest BCUT2D eigenvalue weighted by Gasteiger charge is -2.16. The molecule has 0 fully saturated rings. The van der Waals surface area contributed by atoms with Crippen molar-refractivity contribution >= 4 is 29.0 Å². The van der Waals surface area contributed by atoms with Gasteiger partial charge in [0.1, 0.15) is 5.75 Å². The van der Waals surface area contributed by atoms with E-state index < -0.39 is 5.97 Å². The second-order valence-electron chi connectivity index (χ2n) is 6.89. The van der Waals surface area contributed by atoms with E-state index in [2.05, 4.69) is 10.4 Å². The highest BCUT2D eigenvalue weighted by molar-refractivity contribution is 6.06. The van der Waals surface area contributed by atoms with Gasteiger partial charge in [-0.3, -0.25) is 9.80 Å². The van der Waals surface area contributed by atoms with E-state index in [1.807, 2.05) is 37.9 Å². The zero-order valence-electron chi connectivity index (χ0n) is 16.1. The van der Waals surface area contributed by atoms with Crippen LogP contribution in [0.25, 0.3) is 0 Å². The van der Waals surface area contributed by atoms with Gasteiger partial charge in [0.15, 0.2) is 0 Å². The minimum absolute atomic E-state index is 0.0732. The van der Waals surface area contributed by atoms with Crippen molar-refractivity contribution in [3.05, 3.63) is 53.6 Å². The van der Waals surface area contributed by atoms with Crippen molar-refractivity contribution < 1.29 is 19.4 Å². The lowest BCUT2D eigenvalue weighted by atomic mass is 10.1. The van der Waals surface area contributed by atoms with Crippen molar-refractivity contribution in [3.63, 3.8) is 0 Å². The molecule has 0 saturated heterocycles. The van der Waals surface area contributed by atoms with E-state index in [-0.39, 0.29) is 17.6 Å². The molecule has 1 aliphatic rings. The van der Waals surface area contributed by atoms with Crippen LogP contribution in [-0.2, 0) is 0 Å². The van der Waals surface area contributed by atoms with Crippen molar-refractivity contribution in [1.82, 2.24) is 0 Å². The number of nitrogens with zero attached hydrogens (tertiary/aromatic N) is 2. The van der Waals surface area contributed by atoms with Crippen LogP contribution in [-0.4, -0.2) is 35.3 Å². The number of ether oxygens (including phenoxy) is 1. The third-order valence-electron chi connectivity index (χ3n) is 4.24. The number of hydrazone groups is 1. The molecule has 146 valence electrons. The van der Waals surface area contributed by atoms with Gasteiger partial charge in [-0.1, -0.05) is 0 Å². The first kappa shape index (κ1) is 19.4. The number of hydrogen-bond donors (Lipinski definition) is 2. The van der Waals surface area contributed by atoms with Crippen LogP contribution in [0.2, 0.25) is 0 Å². The summed E-state index contributed by atoms with van der Waals surface area (Å²) in [7, 11) is 0. The molecule has 0 aliphatic carbocycles. The Bertz CT molecular complexity index is 920. The molecule has 0 spiro atoms. The number of hydrogen-bond acceptors (Lipinski definition) is 5. The first-order chi connectivity index (χ1) is 13.3. The van der Waals surface area contributed by atoms with Crippen LogP contribution in [0.1, 0.15) is 47.9 Å². The quantitative estimate of drug-likeness (QED) is 0.789. The van der Waals surface area contributed by atoms with Crippen molar-refractivity contribution in [2.24, 2.45) is 5.10 Å². The third-order valence-corrected chi connectivity index (χ3v) is 4.24. The average molecular weight is 381 g/mol. The maximum atomic E-state index is 12.7. The Hall–Kier alpha value is -3.35. The summed E-state index contributed by atoms with van der Waals surface area (Å²) < 4.78 is 5.68. The maximum Gasteiger partial charge on any atom is 0.335 e. The summed E-state index contributed by atoms with van der Waals surface area (Å²) in [5, 5.41) is 18.3. The summed E-state index contributed by atoms with van der Waals surface area (Å²) in [5.41, 5.74) is 2.86. The minimum Gasteiger partial charge on any atom is -0.489 e. The summed E-state index contributed by atoms with van der Waals surface area (Å²) in [4.78, 5) is 23.9. The fourth-order valence-corrected chi connectivity index (χ4v) is 2.86. The van der Waals surface area contributed by atoms with Crippen LogP contribution >= 0.6 is 0 Å². The molecule has 2 aromatic carbocycles. The van der Waals surface area contributed by atoms with E-state index in [9.17, 15) is 14.7 Å². The van der Waals surface area contributed by atoms with Gasteiger partial charge >= 0.3 is 5.97 Å². The number of rotatable bonds is 6. The van der Waals surface area contributed by atoms with Gasteiger partial charge in [-0.2, -0.15) is 5.10 Å². The molecule has 1 heterocycles. The molecule has 0 aromatic heterocycles. The minimum atomic E-state index is -1.07. The molecule has 0 saturated carbocycles. The third kappa shape index (κ3) is 4.49. The highest BCUT2D eigenvalue weighted by atomic mass is 16.5. The molecular weight excluding hydrogens is 358 g/mol. The number of carbonyl (C=O) groups excluding carboxylic acids is 1. The van der Waals surface area contributed by atoms with Crippen molar-refractivity contribution in [1.29, 1.82) is 0 Å². The molecule has 1 amide bonds. The molecule has 7 nitrogen and oxygen atoms in total. The zero-order chi connectivity index (χ0) is 20.3. The molecule has 3 rings (SSSR count). The van der Waals surface area contributed by atoms with Crippen LogP contribution in [0.3, 0.4) is 0 Å². The van der Waals surface area contributed by atoms with Crippen LogP contribution in [0.5, 0.6) is 5.75 Å². The molecule has 2 aromatic rings. The second-order valence-corrected chi connectivity index (χ2v) is 6.89. The number of carbonyl (C=O) groups is 2. The van der Waals surface area contributed by atoms with Gasteiger partial charge in [0.25, 0.3) is 5.91 Å². The Morgan fingerprint density at radius 1 is 1.14 bits per heavy atom. The molecule has 2 N–H and O–H groups in total. The lowest BCUT2D eigenvalue weighted by molar-refractivity contribution is 0.0696. The number of anilines is 2. The summed E-state index contributed by atoms with van der Waals surface area (Å²) in [6, 6.07) is 11.5. The molecular formula is C21H23N3O4. The molecule has 7 heteroatoms. The normalized spacial score (nSPS) is 13.4. The highest BCUT2D eigenvalue weighted by Crippen LogP contribution is 2.28. The van der Waals surface area contributed by atoms with Gasteiger partial charge in [-0.15, -0.1) is 0 Å².